The summed E-state index contributed by atoms with van der Waals surface area (Å²) in [5.74, 6) is -1.10. The van der Waals surface area contributed by atoms with E-state index in [4.69, 9.17) is 14.2 Å². The molecule has 9 nitrogen and oxygen atoms in total. The van der Waals surface area contributed by atoms with Crippen molar-refractivity contribution in [1.29, 1.82) is 0 Å². The lowest BCUT2D eigenvalue weighted by atomic mass is 9.93. The fourth-order valence-electron chi connectivity index (χ4n) is 3.49. The third-order valence-corrected chi connectivity index (χ3v) is 7.10. The predicted octanol–water partition coefficient (Wildman–Crippen LogP) is 2.19. The van der Waals surface area contributed by atoms with Crippen molar-refractivity contribution in [3.05, 3.63) is 72.0 Å². The lowest BCUT2D eigenvalue weighted by Gasteiger charge is -2.29. The first kappa shape index (κ1) is 24.7. The molecule has 0 bridgehead atoms. The van der Waals surface area contributed by atoms with Crippen molar-refractivity contribution in [2.24, 2.45) is 0 Å². The molecule has 178 valence electrons. The Kier molecular flexibility index (Phi) is 8.45. The Bertz CT molecular complexity index is 1050. The molecule has 0 aliphatic carbocycles. The van der Waals surface area contributed by atoms with Crippen LogP contribution in [-0.4, -0.2) is 68.6 Å². The van der Waals surface area contributed by atoms with Gasteiger partial charge in [0.2, 0.25) is 22.1 Å². The number of carboxylic acids is 1. The van der Waals surface area contributed by atoms with Gasteiger partial charge in [-0.15, -0.1) is 0 Å². The lowest BCUT2D eigenvalue weighted by Crippen LogP contribution is -2.37. The quantitative estimate of drug-likeness (QED) is 0.505. The van der Waals surface area contributed by atoms with E-state index in [1.807, 2.05) is 30.3 Å². The molecule has 0 amide bonds. The topological polar surface area (TPSA) is 123 Å². The van der Waals surface area contributed by atoms with E-state index in [1.54, 1.807) is 18.2 Å². The molecule has 0 unspecified atom stereocenters. The van der Waals surface area contributed by atoms with Crippen LogP contribution in [-0.2, 0) is 24.3 Å². The summed E-state index contributed by atoms with van der Waals surface area (Å²) in [7, 11) is -2.39. The highest BCUT2D eigenvalue weighted by Gasteiger charge is 2.29. The third kappa shape index (κ3) is 6.32. The third-order valence-electron chi connectivity index (χ3n) is 5.19. The average molecular weight is 478 g/mol. The second-order valence-corrected chi connectivity index (χ2v) is 9.25. The number of aliphatic hydroxyl groups is 1. The summed E-state index contributed by atoms with van der Waals surface area (Å²) in [6, 6.07) is 15.3. The smallest absolute Gasteiger partial charge is 0.370 e. The minimum atomic E-state index is -3.88. The normalized spacial score (nSPS) is 18.5. The van der Waals surface area contributed by atoms with Crippen LogP contribution >= 0.6 is 0 Å². The van der Waals surface area contributed by atoms with Crippen molar-refractivity contribution in [2.45, 2.75) is 23.5 Å². The Hall–Kier alpha value is -2.92. The molecule has 2 aromatic rings. The molecule has 0 saturated heterocycles. The van der Waals surface area contributed by atoms with Crippen molar-refractivity contribution in [2.75, 3.05) is 33.4 Å². The Morgan fingerprint density at radius 3 is 2.42 bits per heavy atom. The van der Waals surface area contributed by atoms with E-state index in [-0.39, 0.29) is 42.9 Å². The van der Waals surface area contributed by atoms with Crippen LogP contribution in [0.5, 0.6) is 5.75 Å². The zero-order valence-corrected chi connectivity index (χ0v) is 19.0. The van der Waals surface area contributed by atoms with Crippen LogP contribution in [0.4, 0.5) is 0 Å². The molecule has 0 aromatic heterocycles. The molecule has 2 aromatic carbocycles. The number of hydrogen-bond acceptors (Lipinski definition) is 7. The first-order valence-electron chi connectivity index (χ1n) is 10.4. The van der Waals surface area contributed by atoms with Crippen molar-refractivity contribution < 1.29 is 37.6 Å². The summed E-state index contributed by atoms with van der Waals surface area (Å²) in [4.78, 5) is 11.6. The summed E-state index contributed by atoms with van der Waals surface area (Å²) in [5, 5.41) is 18.8. The predicted molar refractivity (Wildman–Crippen MR) is 119 cm³/mol. The van der Waals surface area contributed by atoms with Gasteiger partial charge in [0.1, 0.15) is 5.75 Å². The molecule has 33 heavy (non-hydrogen) atoms. The van der Waals surface area contributed by atoms with Gasteiger partial charge in [-0.25, -0.2) is 13.2 Å². The van der Waals surface area contributed by atoms with Crippen LogP contribution < -0.4 is 4.74 Å². The van der Waals surface area contributed by atoms with E-state index in [9.17, 15) is 23.4 Å². The highest BCUT2D eigenvalue weighted by molar-refractivity contribution is 7.89. The van der Waals surface area contributed by atoms with Crippen LogP contribution in [0.3, 0.4) is 0 Å². The number of sulfonamides is 1. The minimum Gasteiger partial charge on any atom is -0.497 e. The molecular formula is C23H27NO8S. The Morgan fingerprint density at radius 1 is 1.12 bits per heavy atom. The SMILES string of the molecule is COc1ccc(S(=O)(=O)N(CCO)CCO[C@H]2C[C@@H](c3ccccc3)C=C(C(=O)O)O2)cc1. The standard InChI is InChI=1S/C23H27NO8S/c1-30-19-7-9-20(10-8-19)33(28,29)24(11-13-25)12-14-31-22-16-18(15-21(32-22)23(26)27)17-5-3-2-4-6-17/h2-10,15,18,22,25H,11-14,16H2,1H3,(H,26,27)/t18-,22+/m0/s1. The van der Waals surface area contributed by atoms with Crippen molar-refractivity contribution in [3.63, 3.8) is 0 Å². The summed E-state index contributed by atoms with van der Waals surface area (Å²) >= 11 is 0. The van der Waals surface area contributed by atoms with Crippen LogP contribution in [0.2, 0.25) is 0 Å². The number of benzene rings is 2. The minimum absolute atomic E-state index is 0.0447. The van der Waals surface area contributed by atoms with Gasteiger partial charge in [0.15, 0.2) is 0 Å². The Morgan fingerprint density at radius 2 is 1.82 bits per heavy atom. The van der Waals surface area contributed by atoms with Crippen LogP contribution in [0.25, 0.3) is 0 Å². The number of nitrogens with zero attached hydrogens (tertiary/aromatic N) is 1. The van der Waals surface area contributed by atoms with Gasteiger partial charge in [0, 0.05) is 25.4 Å². The van der Waals surface area contributed by atoms with Crippen molar-refractivity contribution >= 4 is 16.0 Å². The number of methoxy groups -OCH3 is 1. The van der Waals surface area contributed by atoms with E-state index in [0.717, 1.165) is 9.87 Å². The molecule has 1 aliphatic heterocycles. The van der Waals surface area contributed by atoms with E-state index < -0.39 is 22.3 Å². The van der Waals surface area contributed by atoms with Gasteiger partial charge in [0.05, 0.1) is 25.2 Å². The number of aliphatic carboxylic acids is 1. The first-order chi connectivity index (χ1) is 15.8. The molecule has 2 N–H and O–H groups in total. The number of rotatable bonds is 11. The number of hydrogen-bond donors (Lipinski definition) is 2. The van der Waals surface area contributed by atoms with Gasteiger partial charge in [-0.05, 0) is 35.9 Å². The molecule has 1 heterocycles. The summed E-state index contributed by atoms with van der Waals surface area (Å²) < 4.78 is 43.3. The fourth-order valence-corrected chi connectivity index (χ4v) is 4.90. The molecule has 0 saturated carbocycles. The lowest BCUT2D eigenvalue weighted by molar-refractivity contribution is -0.157. The summed E-state index contributed by atoms with van der Waals surface area (Å²) in [6.45, 7) is -0.571. The maximum absolute atomic E-state index is 13.0. The Labute approximate surface area is 192 Å². The number of carboxylic acid groups (broad SMARTS) is 1. The molecule has 3 rings (SSSR count). The monoisotopic (exact) mass is 477 g/mol. The zero-order valence-electron chi connectivity index (χ0n) is 18.2. The summed E-state index contributed by atoms with van der Waals surface area (Å²) in [6.07, 6.45) is 1.07. The number of allylic oxidation sites excluding steroid dienone is 1. The van der Waals surface area contributed by atoms with E-state index in [1.165, 1.54) is 19.2 Å². The molecule has 0 spiro atoms. The number of aliphatic hydroxyl groups excluding tert-OH is 1. The van der Waals surface area contributed by atoms with Gasteiger partial charge >= 0.3 is 5.97 Å². The van der Waals surface area contributed by atoms with E-state index in [2.05, 4.69) is 0 Å². The van der Waals surface area contributed by atoms with E-state index in [0.29, 0.717) is 12.2 Å². The molecule has 10 heteroatoms. The van der Waals surface area contributed by atoms with Crippen LogP contribution in [0, 0.1) is 0 Å². The first-order valence-corrected chi connectivity index (χ1v) is 11.8. The van der Waals surface area contributed by atoms with Crippen LogP contribution in [0.1, 0.15) is 17.9 Å². The van der Waals surface area contributed by atoms with Gasteiger partial charge in [-0.1, -0.05) is 30.3 Å². The van der Waals surface area contributed by atoms with Crippen molar-refractivity contribution in [3.8, 4) is 5.75 Å². The van der Waals surface area contributed by atoms with Gasteiger partial charge in [-0.2, -0.15) is 4.31 Å². The van der Waals surface area contributed by atoms with Crippen LogP contribution in [0.15, 0.2) is 71.3 Å². The zero-order chi connectivity index (χ0) is 23.8. The Balaban J connectivity index is 1.67. The van der Waals surface area contributed by atoms with Gasteiger partial charge in [0.25, 0.3) is 0 Å². The number of ether oxygens (including phenoxy) is 3. The second-order valence-electron chi connectivity index (χ2n) is 7.31. The van der Waals surface area contributed by atoms with Gasteiger partial charge in [-0.3, -0.25) is 0 Å². The second kappa shape index (κ2) is 11.3. The average Bonchev–Trinajstić information content (AvgIpc) is 2.83. The molecule has 0 fully saturated rings. The largest absolute Gasteiger partial charge is 0.497 e. The highest BCUT2D eigenvalue weighted by Crippen LogP contribution is 2.31. The highest BCUT2D eigenvalue weighted by atomic mass is 32.2. The molecular weight excluding hydrogens is 450 g/mol. The van der Waals surface area contributed by atoms with Gasteiger partial charge < -0.3 is 24.4 Å². The number of carbonyl (C=O) groups is 1. The maximum Gasteiger partial charge on any atom is 0.370 e. The molecule has 2 atom stereocenters. The van der Waals surface area contributed by atoms with Crippen molar-refractivity contribution in [1.82, 2.24) is 4.31 Å². The van der Waals surface area contributed by atoms with E-state index >= 15 is 0 Å². The fraction of sp³-hybridized carbons (Fsp3) is 0.348. The molecule has 0 radical (unpaired) electrons. The summed E-state index contributed by atoms with van der Waals surface area (Å²) in [5.41, 5.74) is 0.928. The molecule has 1 aliphatic rings. The maximum atomic E-state index is 13.0.